The van der Waals surface area contributed by atoms with Crippen molar-refractivity contribution in [3.63, 3.8) is 0 Å². The first kappa shape index (κ1) is 18.8. The molecule has 142 valence electrons. The third-order valence-electron chi connectivity index (χ3n) is 4.58. The molecule has 1 aromatic carbocycles. The molecule has 1 amide bonds. The van der Waals surface area contributed by atoms with Gasteiger partial charge in [0.05, 0.1) is 19.2 Å². The number of hydrogen-bond acceptors (Lipinski definition) is 6. The van der Waals surface area contributed by atoms with Gasteiger partial charge < -0.3 is 15.0 Å². The third kappa shape index (κ3) is 5.27. The molecule has 1 N–H and O–H groups in total. The topological polar surface area (TPSA) is 74.8 Å². The van der Waals surface area contributed by atoms with Crippen LogP contribution in [0.2, 0.25) is 0 Å². The van der Waals surface area contributed by atoms with Crippen LogP contribution in [-0.2, 0) is 16.1 Å². The minimum atomic E-state index is -0.365. The van der Waals surface area contributed by atoms with Crippen LogP contribution in [0.4, 0.5) is 5.82 Å². The first-order valence-corrected chi connectivity index (χ1v) is 8.98. The van der Waals surface area contributed by atoms with Gasteiger partial charge in [0, 0.05) is 38.9 Å². The van der Waals surface area contributed by atoms with Crippen molar-refractivity contribution in [3.05, 3.63) is 59.8 Å². The standard InChI is InChI=1S/C20H24N4O3/c1-27-20(26)17-7-5-16(6-8-17)14-22-19(25)15-23-10-12-24(13-11-23)18-4-2-3-9-21-18/h2-9H,10-15H2,1H3,(H,22,25). The molecule has 1 saturated heterocycles. The highest BCUT2D eigenvalue weighted by Gasteiger charge is 2.19. The van der Waals surface area contributed by atoms with Gasteiger partial charge in [0.2, 0.25) is 5.91 Å². The van der Waals surface area contributed by atoms with Crippen LogP contribution in [0.25, 0.3) is 0 Å². The molecular formula is C20H24N4O3. The Morgan fingerprint density at radius 2 is 1.81 bits per heavy atom. The molecule has 0 unspecified atom stereocenters. The van der Waals surface area contributed by atoms with Crippen LogP contribution >= 0.6 is 0 Å². The first-order valence-electron chi connectivity index (χ1n) is 8.98. The second kappa shape index (κ2) is 9.14. The minimum absolute atomic E-state index is 0.00155. The number of ether oxygens (including phenoxy) is 1. The van der Waals surface area contributed by atoms with E-state index in [0.29, 0.717) is 18.7 Å². The van der Waals surface area contributed by atoms with E-state index in [1.54, 1.807) is 18.3 Å². The maximum absolute atomic E-state index is 12.2. The van der Waals surface area contributed by atoms with Crippen LogP contribution in [-0.4, -0.2) is 61.6 Å². The highest BCUT2D eigenvalue weighted by molar-refractivity contribution is 5.89. The van der Waals surface area contributed by atoms with E-state index in [4.69, 9.17) is 0 Å². The smallest absolute Gasteiger partial charge is 0.337 e. The molecule has 2 aromatic rings. The summed E-state index contributed by atoms with van der Waals surface area (Å²) in [5.41, 5.74) is 1.44. The number of hydrogen-bond donors (Lipinski definition) is 1. The summed E-state index contributed by atoms with van der Waals surface area (Å²) < 4.78 is 4.67. The Morgan fingerprint density at radius 1 is 1.07 bits per heavy atom. The lowest BCUT2D eigenvalue weighted by molar-refractivity contribution is -0.122. The molecule has 0 bridgehead atoms. The predicted octanol–water partition coefficient (Wildman–Crippen LogP) is 1.31. The number of nitrogens with zero attached hydrogens (tertiary/aromatic N) is 3. The Balaban J connectivity index is 1.40. The summed E-state index contributed by atoms with van der Waals surface area (Å²) in [6.07, 6.45) is 1.80. The summed E-state index contributed by atoms with van der Waals surface area (Å²) in [6.45, 7) is 4.21. The quantitative estimate of drug-likeness (QED) is 0.775. The van der Waals surface area contributed by atoms with E-state index in [2.05, 4.69) is 24.8 Å². The Labute approximate surface area is 158 Å². The summed E-state index contributed by atoms with van der Waals surface area (Å²) in [4.78, 5) is 32.4. The van der Waals surface area contributed by atoms with Crippen LogP contribution in [0.1, 0.15) is 15.9 Å². The number of aromatic nitrogens is 1. The zero-order chi connectivity index (χ0) is 19.1. The highest BCUT2D eigenvalue weighted by Crippen LogP contribution is 2.12. The fourth-order valence-corrected chi connectivity index (χ4v) is 3.01. The van der Waals surface area contributed by atoms with Gasteiger partial charge in [-0.15, -0.1) is 0 Å². The lowest BCUT2D eigenvalue weighted by Crippen LogP contribution is -2.49. The molecule has 1 aliphatic rings. The molecule has 3 rings (SSSR count). The molecule has 0 spiro atoms. The second-order valence-electron chi connectivity index (χ2n) is 6.42. The van der Waals surface area contributed by atoms with Gasteiger partial charge in [-0.25, -0.2) is 9.78 Å². The summed E-state index contributed by atoms with van der Waals surface area (Å²) in [7, 11) is 1.35. The monoisotopic (exact) mass is 368 g/mol. The van der Waals surface area contributed by atoms with Crippen molar-refractivity contribution in [2.45, 2.75) is 6.54 Å². The molecule has 1 fully saturated rings. The van der Waals surface area contributed by atoms with Crippen LogP contribution in [0.3, 0.4) is 0 Å². The number of carbonyl (C=O) groups excluding carboxylic acids is 2. The molecule has 7 nitrogen and oxygen atoms in total. The molecule has 0 saturated carbocycles. The van der Waals surface area contributed by atoms with Crippen molar-refractivity contribution in [2.75, 3.05) is 44.7 Å². The number of carbonyl (C=O) groups is 2. The van der Waals surface area contributed by atoms with Crippen molar-refractivity contribution >= 4 is 17.7 Å². The highest BCUT2D eigenvalue weighted by atomic mass is 16.5. The average Bonchev–Trinajstić information content (AvgIpc) is 2.73. The van der Waals surface area contributed by atoms with Gasteiger partial charge in [0.25, 0.3) is 0 Å². The predicted molar refractivity (Wildman–Crippen MR) is 103 cm³/mol. The number of amides is 1. The van der Waals surface area contributed by atoms with Crippen LogP contribution < -0.4 is 10.2 Å². The van der Waals surface area contributed by atoms with Gasteiger partial charge >= 0.3 is 5.97 Å². The van der Waals surface area contributed by atoms with Gasteiger partial charge in [-0.1, -0.05) is 18.2 Å². The van der Waals surface area contributed by atoms with Crippen LogP contribution in [0, 0.1) is 0 Å². The van der Waals surface area contributed by atoms with Crippen molar-refractivity contribution < 1.29 is 14.3 Å². The number of benzene rings is 1. The van der Waals surface area contributed by atoms with E-state index in [9.17, 15) is 9.59 Å². The van der Waals surface area contributed by atoms with Crippen molar-refractivity contribution in [1.82, 2.24) is 15.2 Å². The Hall–Kier alpha value is -2.93. The maximum Gasteiger partial charge on any atom is 0.337 e. The summed E-state index contributed by atoms with van der Waals surface area (Å²) in [5.74, 6) is 0.616. The van der Waals surface area contributed by atoms with Crippen LogP contribution in [0.5, 0.6) is 0 Å². The van der Waals surface area contributed by atoms with Gasteiger partial charge in [-0.05, 0) is 29.8 Å². The van der Waals surface area contributed by atoms with E-state index >= 15 is 0 Å². The molecule has 0 aliphatic carbocycles. The van der Waals surface area contributed by atoms with E-state index in [-0.39, 0.29) is 11.9 Å². The van der Waals surface area contributed by atoms with E-state index in [0.717, 1.165) is 37.6 Å². The van der Waals surface area contributed by atoms with Crippen molar-refractivity contribution in [1.29, 1.82) is 0 Å². The first-order chi connectivity index (χ1) is 13.2. The molecule has 1 aliphatic heterocycles. The van der Waals surface area contributed by atoms with Crippen molar-refractivity contribution in [2.24, 2.45) is 0 Å². The van der Waals surface area contributed by atoms with Gasteiger partial charge in [-0.2, -0.15) is 0 Å². The molecular weight excluding hydrogens is 344 g/mol. The number of rotatable bonds is 6. The van der Waals surface area contributed by atoms with E-state index in [1.165, 1.54) is 7.11 Å². The normalized spacial score (nSPS) is 14.6. The number of methoxy groups -OCH3 is 1. The third-order valence-corrected chi connectivity index (χ3v) is 4.58. The number of piperazine rings is 1. The largest absolute Gasteiger partial charge is 0.465 e. The lowest BCUT2D eigenvalue weighted by Gasteiger charge is -2.34. The molecule has 1 aromatic heterocycles. The van der Waals surface area contributed by atoms with Crippen LogP contribution in [0.15, 0.2) is 48.7 Å². The van der Waals surface area contributed by atoms with Gasteiger partial charge in [0.1, 0.15) is 5.82 Å². The van der Waals surface area contributed by atoms with Gasteiger partial charge in [-0.3, -0.25) is 9.69 Å². The fourth-order valence-electron chi connectivity index (χ4n) is 3.01. The lowest BCUT2D eigenvalue weighted by atomic mass is 10.1. The Morgan fingerprint density at radius 3 is 2.44 bits per heavy atom. The zero-order valence-electron chi connectivity index (χ0n) is 15.4. The molecule has 0 atom stereocenters. The minimum Gasteiger partial charge on any atom is -0.465 e. The van der Waals surface area contributed by atoms with Crippen molar-refractivity contribution in [3.8, 4) is 0 Å². The number of anilines is 1. The molecule has 7 heteroatoms. The Kier molecular flexibility index (Phi) is 6.38. The molecule has 0 radical (unpaired) electrons. The second-order valence-corrected chi connectivity index (χ2v) is 6.42. The zero-order valence-corrected chi connectivity index (χ0v) is 15.4. The van der Waals surface area contributed by atoms with Gasteiger partial charge in [0.15, 0.2) is 0 Å². The summed E-state index contributed by atoms with van der Waals surface area (Å²) in [5, 5.41) is 2.93. The van der Waals surface area contributed by atoms with E-state index < -0.39 is 0 Å². The number of esters is 1. The Bertz CT molecular complexity index is 757. The maximum atomic E-state index is 12.2. The summed E-state index contributed by atoms with van der Waals surface area (Å²) in [6, 6.07) is 12.9. The fraction of sp³-hybridized carbons (Fsp3) is 0.350. The SMILES string of the molecule is COC(=O)c1ccc(CNC(=O)CN2CCN(c3ccccn3)CC2)cc1. The number of nitrogens with one attached hydrogen (secondary N) is 1. The summed E-state index contributed by atoms with van der Waals surface area (Å²) >= 11 is 0. The average molecular weight is 368 g/mol. The van der Waals surface area contributed by atoms with E-state index in [1.807, 2.05) is 30.3 Å². The molecule has 2 heterocycles. The molecule has 27 heavy (non-hydrogen) atoms. The number of pyridine rings is 1.